The molecule has 1 aromatic carbocycles. The highest BCUT2D eigenvalue weighted by molar-refractivity contribution is 5.55. The first-order valence-corrected chi connectivity index (χ1v) is 4.50. The summed E-state index contributed by atoms with van der Waals surface area (Å²) in [7, 11) is 0. The molecule has 1 aromatic heterocycles. The van der Waals surface area contributed by atoms with Crippen LogP contribution >= 0.6 is 0 Å². The van der Waals surface area contributed by atoms with Crippen molar-refractivity contribution < 1.29 is 13.2 Å². The largest absolute Gasteiger partial charge is 0.432 e. The number of hydrogen-bond acceptors (Lipinski definition) is 2. The van der Waals surface area contributed by atoms with Crippen molar-refractivity contribution in [3.63, 3.8) is 0 Å². The second kappa shape index (κ2) is 3.88. The summed E-state index contributed by atoms with van der Waals surface area (Å²) in [4.78, 5) is 0. The van der Waals surface area contributed by atoms with Crippen molar-refractivity contribution in [1.82, 2.24) is 10.2 Å². The zero-order valence-electron chi connectivity index (χ0n) is 8.05. The van der Waals surface area contributed by atoms with Crippen molar-refractivity contribution in [3.8, 4) is 0 Å². The summed E-state index contributed by atoms with van der Waals surface area (Å²) < 4.78 is 36.7. The van der Waals surface area contributed by atoms with Gasteiger partial charge in [-0.15, -0.1) is 0 Å². The van der Waals surface area contributed by atoms with Crippen molar-refractivity contribution in [2.75, 3.05) is 5.32 Å². The highest BCUT2D eigenvalue weighted by Crippen LogP contribution is 2.29. The minimum atomic E-state index is -4.40. The smallest absolute Gasteiger partial charge is 0.339 e. The molecular formula is C10H8F3N3. The van der Waals surface area contributed by atoms with E-state index in [-0.39, 0.29) is 5.82 Å². The van der Waals surface area contributed by atoms with Crippen LogP contribution in [0.4, 0.5) is 24.7 Å². The van der Waals surface area contributed by atoms with E-state index >= 15 is 0 Å². The summed E-state index contributed by atoms with van der Waals surface area (Å²) in [6.07, 6.45) is -4.40. The molecule has 2 aromatic rings. The van der Waals surface area contributed by atoms with Gasteiger partial charge in [0.25, 0.3) is 0 Å². The fourth-order valence-corrected chi connectivity index (χ4v) is 1.20. The Morgan fingerprint density at radius 3 is 2.38 bits per heavy atom. The molecule has 2 rings (SSSR count). The lowest BCUT2D eigenvalue weighted by molar-refractivity contribution is -0.141. The molecule has 0 unspecified atom stereocenters. The lowest BCUT2D eigenvalue weighted by Gasteiger charge is -2.01. The highest BCUT2D eigenvalue weighted by atomic mass is 19.4. The Kier molecular flexibility index (Phi) is 2.55. The number of aromatic nitrogens is 2. The predicted molar refractivity (Wildman–Crippen MR) is 53.3 cm³/mol. The van der Waals surface area contributed by atoms with Gasteiger partial charge in [0.1, 0.15) is 5.69 Å². The summed E-state index contributed by atoms with van der Waals surface area (Å²) in [5.74, 6) is 0.138. The Labute approximate surface area is 89.3 Å². The molecule has 0 aliphatic carbocycles. The molecule has 0 spiro atoms. The molecule has 16 heavy (non-hydrogen) atoms. The van der Waals surface area contributed by atoms with Gasteiger partial charge < -0.3 is 5.32 Å². The van der Waals surface area contributed by atoms with Gasteiger partial charge in [-0.05, 0) is 12.1 Å². The van der Waals surface area contributed by atoms with Crippen molar-refractivity contribution >= 4 is 11.5 Å². The lowest BCUT2D eigenvalue weighted by Crippen LogP contribution is -2.04. The molecule has 0 aliphatic heterocycles. The number of hydrogen-bond donors (Lipinski definition) is 2. The van der Waals surface area contributed by atoms with Crippen LogP contribution in [-0.4, -0.2) is 10.2 Å². The average molecular weight is 227 g/mol. The van der Waals surface area contributed by atoms with Crippen molar-refractivity contribution in [2.24, 2.45) is 0 Å². The molecular weight excluding hydrogens is 219 g/mol. The van der Waals surface area contributed by atoms with Gasteiger partial charge in [-0.25, -0.2) is 0 Å². The third-order valence-corrected chi connectivity index (χ3v) is 1.93. The number of para-hydroxylation sites is 1. The van der Waals surface area contributed by atoms with Crippen molar-refractivity contribution in [2.45, 2.75) is 6.18 Å². The first kappa shape index (κ1) is 10.5. The molecule has 6 heteroatoms. The molecule has 0 atom stereocenters. The van der Waals surface area contributed by atoms with Crippen LogP contribution < -0.4 is 5.32 Å². The van der Waals surface area contributed by atoms with Gasteiger partial charge in [0.05, 0.1) is 0 Å². The van der Waals surface area contributed by atoms with Crippen LogP contribution in [-0.2, 0) is 6.18 Å². The maximum absolute atomic E-state index is 12.2. The van der Waals surface area contributed by atoms with E-state index in [2.05, 4.69) is 10.4 Å². The van der Waals surface area contributed by atoms with Gasteiger partial charge in [-0.2, -0.15) is 18.3 Å². The molecule has 1 heterocycles. The number of benzene rings is 1. The fraction of sp³-hybridized carbons (Fsp3) is 0.100. The molecule has 0 amide bonds. The zero-order chi connectivity index (χ0) is 11.6. The van der Waals surface area contributed by atoms with E-state index in [1.165, 1.54) is 0 Å². The van der Waals surface area contributed by atoms with Gasteiger partial charge in [0.15, 0.2) is 5.82 Å². The van der Waals surface area contributed by atoms with E-state index in [0.717, 1.165) is 6.07 Å². The minimum absolute atomic E-state index is 0.138. The Hall–Kier alpha value is -1.98. The van der Waals surface area contributed by atoms with E-state index in [4.69, 9.17) is 0 Å². The first-order valence-electron chi connectivity index (χ1n) is 4.50. The number of H-pyrrole nitrogens is 1. The van der Waals surface area contributed by atoms with E-state index in [9.17, 15) is 13.2 Å². The van der Waals surface area contributed by atoms with E-state index in [1.54, 1.807) is 24.3 Å². The van der Waals surface area contributed by atoms with Crippen LogP contribution in [0.25, 0.3) is 0 Å². The highest BCUT2D eigenvalue weighted by Gasteiger charge is 2.33. The summed E-state index contributed by atoms with van der Waals surface area (Å²) >= 11 is 0. The number of anilines is 2. The standard InChI is InChI=1S/C10H8F3N3/c11-10(12,13)8-6-9(16-15-8)14-7-4-2-1-3-5-7/h1-6H,(H2,14,15,16). The number of alkyl halides is 3. The second-order valence-corrected chi connectivity index (χ2v) is 3.16. The van der Waals surface area contributed by atoms with Crippen LogP contribution in [0.5, 0.6) is 0 Å². The van der Waals surface area contributed by atoms with Gasteiger partial charge >= 0.3 is 6.18 Å². The summed E-state index contributed by atoms with van der Waals surface area (Å²) in [6.45, 7) is 0. The van der Waals surface area contributed by atoms with Crippen LogP contribution in [0.2, 0.25) is 0 Å². The van der Waals surface area contributed by atoms with Crippen LogP contribution in [0, 0.1) is 0 Å². The summed E-state index contributed by atoms with van der Waals surface area (Å²) in [5, 5.41) is 8.20. The van der Waals surface area contributed by atoms with Crippen LogP contribution in [0.1, 0.15) is 5.69 Å². The van der Waals surface area contributed by atoms with Gasteiger partial charge in [0, 0.05) is 11.8 Å². The zero-order valence-corrected chi connectivity index (χ0v) is 8.05. The Morgan fingerprint density at radius 1 is 1.12 bits per heavy atom. The average Bonchev–Trinajstić information content (AvgIpc) is 2.67. The first-order chi connectivity index (χ1) is 7.55. The van der Waals surface area contributed by atoms with Crippen LogP contribution in [0.3, 0.4) is 0 Å². The number of nitrogens with zero attached hydrogens (tertiary/aromatic N) is 1. The minimum Gasteiger partial charge on any atom is -0.339 e. The predicted octanol–water partition coefficient (Wildman–Crippen LogP) is 3.17. The SMILES string of the molecule is FC(F)(F)c1cc(Nc2ccccc2)n[nH]1. The van der Waals surface area contributed by atoms with E-state index in [1.807, 2.05) is 11.2 Å². The normalized spacial score (nSPS) is 11.4. The third kappa shape index (κ3) is 2.33. The van der Waals surface area contributed by atoms with Crippen molar-refractivity contribution in [3.05, 3.63) is 42.1 Å². The van der Waals surface area contributed by atoms with Gasteiger partial charge in [0.2, 0.25) is 0 Å². The third-order valence-electron chi connectivity index (χ3n) is 1.93. The molecule has 0 radical (unpaired) electrons. The topological polar surface area (TPSA) is 40.7 Å². The quantitative estimate of drug-likeness (QED) is 0.827. The van der Waals surface area contributed by atoms with Crippen molar-refractivity contribution in [1.29, 1.82) is 0 Å². The molecule has 2 N–H and O–H groups in total. The molecule has 84 valence electrons. The molecule has 0 saturated heterocycles. The van der Waals surface area contributed by atoms with E-state index in [0.29, 0.717) is 5.69 Å². The molecule has 0 fully saturated rings. The molecule has 3 nitrogen and oxygen atoms in total. The maximum atomic E-state index is 12.2. The summed E-state index contributed by atoms with van der Waals surface area (Å²) in [6, 6.07) is 9.77. The summed E-state index contributed by atoms with van der Waals surface area (Å²) in [5.41, 5.74) is -0.186. The Morgan fingerprint density at radius 2 is 1.81 bits per heavy atom. The number of nitrogens with one attached hydrogen (secondary N) is 2. The molecule has 0 aliphatic rings. The van der Waals surface area contributed by atoms with Crippen LogP contribution in [0.15, 0.2) is 36.4 Å². The molecule has 0 saturated carbocycles. The monoisotopic (exact) mass is 227 g/mol. The Balaban J connectivity index is 2.15. The maximum Gasteiger partial charge on any atom is 0.432 e. The fourth-order valence-electron chi connectivity index (χ4n) is 1.20. The lowest BCUT2D eigenvalue weighted by atomic mass is 10.3. The second-order valence-electron chi connectivity index (χ2n) is 3.16. The number of aromatic amines is 1. The number of halogens is 3. The van der Waals surface area contributed by atoms with E-state index < -0.39 is 11.9 Å². The van der Waals surface area contributed by atoms with Gasteiger partial charge in [-0.1, -0.05) is 18.2 Å². The number of rotatable bonds is 2. The van der Waals surface area contributed by atoms with Gasteiger partial charge in [-0.3, -0.25) is 5.10 Å². The molecule has 0 bridgehead atoms. The Bertz CT molecular complexity index is 462.